The van der Waals surface area contributed by atoms with Crippen LogP contribution >= 0.6 is 0 Å². The molecule has 0 aromatic heterocycles. The van der Waals surface area contributed by atoms with Gasteiger partial charge < -0.3 is 14.8 Å². The number of piperazine rings is 1. The summed E-state index contributed by atoms with van der Waals surface area (Å²) >= 11 is 0. The Morgan fingerprint density at radius 1 is 1.12 bits per heavy atom. The molecule has 1 aliphatic rings. The molecule has 2 rings (SSSR count). The van der Waals surface area contributed by atoms with Gasteiger partial charge in [0, 0.05) is 39.3 Å². The van der Waals surface area contributed by atoms with E-state index in [4.69, 9.17) is 9.47 Å². The Bertz CT molecular complexity index is 677. The minimum absolute atomic E-state index is 0.260. The molecule has 0 radical (unpaired) electrons. The number of nitrogens with zero attached hydrogens (tertiary/aromatic N) is 2. The number of methoxy groups -OCH3 is 2. The standard InChI is InChI=1S/C16H25N3O5S/c1-23-13-5-4-6-14(24-2)15(13)16(20)17-7-8-18-9-11-19(12-10-18)25(3,21)22/h4-6H,7-12H2,1-3H3,(H,17,20). The zero-order valence-corrected chi connectivity index (χ0v) is 15.6. The average Bonchev–Trinajstić information content (AvgIpc) is 2.60. The highest BCUT2D eigenvalue weighted by atomic mass is 32.2. The van der Waals surface area contributed by atoms with E-state index in [2.05, 4.69) is 10.2 Å². The van der Waals surface area contributed by atoms with Gasteiger partial charge in [0.1, 0.15) is 17.1 Å². The Morgan fingerprint density at radius 3 is 2.16 bits per heavy atom. The molecular formula is C16H25N3O5S. The second kappa shape index (κ2) is 8.50. The van der Waals surface area contributed by atoms with Gasteiger partial charge in [-0.3, -0.25) is 9.69 Å². The van der Waals surface area contributed by atoms with Gasteiger partial charge in [-0.1, -0.05) is 6.07 Å². The molecule has 0 bridgehead atoms. The second-order valence-electron chi connectivity index (χ2n) is 5.80. The monoisotopic (exact) mass is 371 g/mol. The van der Waals surface area contributed by atoms with Crippen molar-refractivity contribution in [3.05, 3.63) is 23.8 Å². The van der Waals surface area contributed by atoms with E-state index in [-0.39, 0.29) is 5.91 Å². The highest BCUT2D eigenvalue weighted by molar-refractivity contribution is 7.88. The van der Waals surface area contributed by atoms with Crippen LogP contribution in [0.3, 0.4) is 0 Å². The number of rotatable bonds is 7. The van der Waals surface area contributed by atoms with E-state index in [1.165, 1.54) is 24.8 Å². The molecule has 0 spiro atoms. The summed E-state index contributed by atoms with van der Waals surface area (Å²) in [6.45, 7) is 3.38. The number of nitrogens with one attached hydrogen (secondary N) is 1. The molecule has 25 heavy (non-hydrogen) atoms. The third-order valence-electron chi connectivity index (χ3n) is 4.17. The Balaban J connectivity index is 1.86. The number of amides is 1. The quantitative estimate of drug-likeness (QED) is 0.727. The van der Waals surface area contributed by atoms with Crippen LogP contribution in [0.4, 0.5) is 0 Å². The maximum atomic E-state index is 12.5. The molecule has 0 aliphatic carbocycles. The van der Waals surface area contributed by atoms with Crippen LogP contribution in [0.15, 0.2) is 18.2 Å². The minimum Gasteiger partial charge on any atom is -0.496 e. The Kier molecular flexibility index (Phi) is 6.63. The summed E-state index contributed by atoms with van der Waals surface area (Å²) in [7, 11) is -0.112. The summed E-state index contributed by atoms with van der Waals surface area (Å²) in [4.78, 5) is 14.6. The zero-order valence-electron chi connectivity index (χ0n) is 14.8. The molecule has 1 amide bonds. The van der Waals surface area contributed by atoms with Crippen LogP contribution in [-0.4, -0.2) is 83.3 Å². The first kappa shape index (κ1) is 19.5. The third-order valence-corrected chi connectivity index (χ3v) is 5.47. The van der Waals surface area contributed by atoms with E-state index in [1.54, 1.807) is 18.2 Å². The number of ether oxygens (including phenoxy) is 2. The van der Waals surface area contributed by atoms with Gasteiger partial charge in [0.25, 0.3) is 5.91 Å². The van der Waals surface area contributed by atoms with Crippen LogP contribution in [0.1, 0.15) is 10.4 Å². The van der Waals surface area contributed by atoms with Gasteiger partial charge >= 0.3 is 0 Å². The van der Waals surface area contributed by atoms with Crippen LogP contribution < -0.4 is 14.8 Å². The first-order valence-corrected chi connectivity index (χ1v) is 9.88. The molecule has 1 fully saturated rings. The van der Waals surface area contributed by atoms with Crippen LogP contribution in [-0.2, 0) is 10.0 Å². The predicted octanol–water partition coefficient (Wildman–Crippen LogP) is 0.0108. The van der Waals surface area contributed by atoms with Crippen LogP contribution in [0, 0.1) is 0 Å². The zero-order chi connectivity index (χ0) is 18.4. The van der Waals surface area contributed by atoms with E-state index in [0.29, 0.717) is 56.3 Å². The molecular weight excluding hydrogens is 346 g/mol. The predicted molar refractivity (Wildman–Crippen MR) is 94.7 cm³/mol. The molecule has 0 unspecified atom stereocenters. The van der Waals surface area contributed by atoms with Crippen molar-refractivity contribution in [1.29, 1.82) is 0 Å². The molecule has 1 aromatic rings. The van der Waals surface area contributed by atoms with Crippen molar-refractivity contribution in [2.75, 3.05) is 59.7 Å². The van der Waals surface area contributed by atoms with Crippen molar-refractivity contribution in [2.24, 2.45) is 0 Å². The number of carbonyl (C=O) groups excluding carboxylic acids is 1. The van der Waals surface area contributed by atoms with Crippen molar-refractivity contribution < 1.29 is 22.7 Å². The Morgan fingerprint density at radius 2 is 1.68 bits per heavy atom. The van der Waals surface area contributed by atoms with Crippen molar-refractivity contribution in [3.8, 4) is 11.5 Å². The molecule has 1 heterocycles. The highest BCUT2D eigenvalue weighted by Crippen LogP contribution is 2.27. The summed E-state index contributed by atoms with van der Waals surface area (Å²) in [5, 5.41) is 2.86. The largest absolute Gasteiger partial charge is 0.496 e. The van der Waals surface area contributed by atoms with Gasteiger partial charge in [-0.05, 0) is 12.1 Å². The number of sulfonamides is 1. The molecule has 1 N–H and O–H groups in total. The third kappa shape index (κ3) is 5.07. The van der Waals surface area contributed by atoms with Gasteiger partial charge in [-0.15, -0.1) is 0 Å². The number of carbonyl (C=O) groups is 1. The molecule has 1 saturated heterocycles. The smallest absolute Gasteiger partial charge is 0.258 e. The first-order valence-electron chi connectivity index (χ1n) is 8.03. The minimum atomic E-state index is -3.13. The van der Waals surface area contributed by atoms with Crippen molar-refractivity contribution in [3.63, 3.8) is 0 Å². The summed E-state index contributed by atoms with van der Waals surface area (Å²) in [6.07, 6.45) is 1.23. The molecule has 1 aromatic carbocycles. The topological polar surface area (TPSA) is 88.2 Å². The van der Waals surface area contributed by atoms with E-state index in [0.717, 1.165) is 0 Å². The summed E-state index contributed by atoms with van der Waals surface area (Å²) in [6, 6.07) is 5.18. The molecule has 9 heteroatoms. The number of hydrogen-bond donors (Lipinski definition) is 1. The van der Waals surface area contributed by atoms with E-state index >= 15 is 0 Å². The molecule has 140 valence electrons. The lowest BCUT2D eigenvalue weighted by Gasteiger charge is -2.33. The van der Waals surface area contributed by atoms with Gasteiger partial charge in [0.15, 0.2) is 0 Å². The Labute approximate surface area is 148 Å². The molecule has 0 atom stereocenters. The van der Waals surface area contributed by atoms with Crippen molar-refractivity contribution >= 4 is 15.9 Å². The fourth-order valence-corrected chi connectivity index (χ4v) is 3.60. The molecule has 1 aliphatic heterocycles. The van der Waals surface area contributed by atoms with Crippen molar-refractivity contribution in [1.82, 2.24) is 14.5 Å². The van der Waals surface area contributed by atoms with Crippen LogP contribution in [0.25, 0.3) is 0 Å². The van der Waals surface area contributed by atoms with E-state index in [1.807, 2.05) is 0 Å². The van der Waals surface area contributed by atoms with E-state index in [9.17, 15) is 13.2 Å². The highest BCUT2D eigenvalue weighted by Gasteiger charge is 2.23. The number of benzene rings is 1. The lowest BCUT2D eigenvalue weighted by Crippen LogP contribution is -2.49. The summed E-state index contributed by atoms with van der Waals surface area (Å²) in [5.74, 6) is 0.654. The molecule has 0 saturated carbocycles. The Hall–Kier alpha value is -1.84. The SMILES string of the molecule is COc1cccc(OC)c1C(=O)NCCN1CCN(S(C)(=O)=O)CC1. The lowest BCUT2D eigenvalue weighted by molar-refractivity contribution is 0.0939. The van der Waals surface area contributed by atoms with Crippen molar-refractivity contribution in [2.45, 2.75) is 0 Å². The van der Waals surface area contributed by atoms with Gasteiger partial charge in [-0.25, -0.2) is 8.42 Å². The van der Waals surface area contributed by atoms with Gasteiger partial charge in [-0.2, -0.15) is 4.31 Å². The van der Waals surface area contributed by atoms with Gasteiger partial charge in [0.05, 0.1) is 20.5 Å². The normalized spacial score (nSPS) is 16.4. The lowest BCUT2D eigenvalue weighted by atomic mass is 10.1. The summed E-state index contributed by atoms with van der Waals surface area (Å²) < 4.78 is 34.9. The van der Waals surface area contributed by atoms with Crippen LogP contribution in [0.5, 0.6) is 11.5 Å². The first-order chi connectivity index (χ1) is 11.9. The van der Waals surface area contributed by atoms with E-state index < -0.39 is 10.0 Å². The number of hydrogen-bond acceptors (Lipinski definition) is 6. The molecule has 8 nitrogen and oxygen atoms in total. The van der Waals surface area contributed by atoms with Crippen LogP contribution in [0.2, 0.25) is 0 Å². The average molecular weight is 371 g/mol. The van der Waals surface area contributed by atoms with Gasteiger partial charge in [0.2, 0.25) is 10.0 Å². The summed E-state index contributed by atoms with van der Waals surface area (Å²) in [5.41, 5.74) is 0.370. The maximum Gasteiger partial charge on any atom is 0.258 e. The fraction of sp³-hybridized carbons (Fsp3) is 0.562. The fourth-order valence-electron chi connectivity index (χ4n) is 2.78. The second-order valence-corrected chi connectivity index (χ2v) is 7.78. The maximum absolute atomic E-state index is 12.5.